The van der Waals surface area contributed by atoms with Crippen LogP contribution in [0.1, 0.15) is 30.8 Å². The minimum Gasteiger partial charge on any atom is -0.368 e. The van der Waals surface area contributed by atoms with Crippen LogP contribution in [0.5, 0.6) is 0 Å². The average Bonchev–Trinajstić information content (AvgIpc) is 3.21. The molecule has 4 N–H and O–H groups in total. The zero-order chi connectivity index (χ0) is 20.4. The van der Waals surface area contributed by atoms with Gasteiger partial charge < -0.3 is 11.1 Å². The van der Waals surface area contributed by atoms with Crippen LogP contribution in [0.25, 0.3) is 11.0 Å². The van der Waals surface area contributed by atoms with E-state index in [-0.39, 0.29) is 17.5 Å². The number of hydrogen-bond acceptors (Lipinski definition) is 6. The van der Waals surface area contributed by atoms with Crippen LogP contribution in [0.3, 0.4) is 0 Å². The molecule has 2 unspecified atom stereocenters. The molecule has 4 rings (SSSR count). The van der Waals surface area contributed by atoms with Crippen molar-refractivity contribution in [3.8, 4) is 0 Å². The second-order valence-electron chi connectivity index (χ2n) is 7.31. The average molecular weight is 395 g/mol. The quantitative estimate of drug-likeness (QED) is 0.555. The third-order valence-corrected chi connectivity index (χ3v) is 5.46. The van der Waals surface area contributed by atoms with Crippen LogP contribution >= 0.6 is 0 Å². The van der Waals surface area contributed by atoms with Gasteiger partial charge in [-0.25, -0.2) is 4.98 Å². The van der Waals surface area contributed by atoms with E-state index >= 15 is 0 Å². The number of hydrogen-bond donors (Lipinski definition) is 3. The van der Waals surface area contributed by atoms with E-state index in [0.717, 1.165) is 18.5 Å². The molecule has 1 aliphatic rings. The summed E-state index contributed by atoms with van der Waals surface area (Å²) in [6, 6.07) is 9.30. The number of rotatable bonds is 6. The first-order valence-corrected chi connectivity index (χ1v) is 9.83. The number of benzene rings is 1. The van der Waals surface area contributed by atoms with E-state index in [0.29, 0.717) is 36.5 Å². The van der Waals surface area contributed by atoms with Crippen molar-refractivity contribution in [1.82, 2.24) is 30.0 Å². The van der Waals surface area contributed by atoms with Gasteiger partial charge in [0.05, 0.1) is 24.8 Å². The van der Waals surface area contributed by atoms with E-state index in [1.165, 1.54) is 6.20 Å². The molecule has 9 nitrogen and oxygen atoms in total. The summed E-state index contributed by atoms with van der Waals surface area (Å²) in [5.74, 6) is 0.298. The summed E-state index contributed by atoms with van der Waals surface area (Å²) < 4.78 is 1.72. The highest BCUT2D eigenvalue weighted by Crippen LogP contribution is 2.25. The Morgan fingerprint density at radius 2 is 2.14 bits per heavy atom. The van der Waals surface area contributed by atoms with Crippen molar-refractivity contribution in [3.63, 3.8) is 0 Å². The van der Waals surface area contributed by atoms with Crippen LogP contribution in [0.2, 0.25) is 0 Å². The number of amides is 1. The molecule has 0 bridgehead atoms. The summed E-state index contributed by atoms with van der Waals surface area (Å²) in [5.41, 5.74) is 6.89. The highest BCUT2D eigenvalue weighted by molar-refractivity contribution is 5.80. The number of carbonyl (C=O) groups is 1. The molecule has 0 spiro atoms. The number of H-pyrrole nitrogens is 1. The van der Waals surface area contributed by atoms with Crippen molar-refractivity contribution < 1.29 is 4.79 Å². The summed E-state index contributed by atoms with van der Waals surface area (Å²) in [7, 11) is 0. The molecule has 0 saturated carbocycles. The Morgan fingerprint density at radius 1 is 1.34 bits per heavy atom. The molecule has 2 aromatic heterocycles. The van der Waals surface area contributed by atoms with Gasteiger partial charge in [0, 0.05) is 19.6 Å². The molecule has 3 heterocycles. The lowest BCUT2D eigenvalue weighted by Gasteiger charge is -2.37. The summed E-state index contributed by atoms with van der Waals surface area (Å²) in [4.78, 5) is 31.9. The molecule has 1 aliphatic heterocycles. The van der Waals surface area contributed by atoms with Gasteiger partial charge in [0.15, 0.2) is 5.65 Å². The Labute approximate surface area is 167 Å². The van der Waals surface area contributed by atoms with Crippen LogP contribution in [0.15, 0.2) is 41.3 Å². The fourth-order valence-corrected chi connectivity index (χ4v) is 3.97. The van der Waals surface area contributed by atoms with Gasteiger partial charge >= 0.3 is 0 Å². The lowest BCUT2D eigenvalue weighted by Crippen LogP contribution is -2.57. The smallest absolute Gasteiger partial charge is 0.265 e. The second-order valence-corrected chi connectivity index (χ2v) is 7.31. The van der Waals surface area contributed by atoms with Crippen molar-refractivity contribution in [1.29, 1.82) is 0 Å². The first-order chi connectivity index (χ1) is 14.1. The fourth-order valence-electron chi connectivity index (χ4n) is 3.97. The van der Waals surface area contributed by atoms with Crippen LogP contribution in [0.4, 0.5) is 0 Å². The maximum Gasteiger partial charge on any atom is 0.265 e. The molecule has 1 aromatic carbocycles. The zero-order valence-corrected chi connectivity index (χ0v) is 16.3. The van der Waals surface area contributed by atoms with Crippen molar-refractivity contribution in [2.75, 3.05) is 19.6 Å². The Kier molecular flexibility index (Phi) is 5.41. The summed E-state index contributed by atoms with van der Waals surface area (Å²) in [6.45, 7) is 4.35. The maximum atomic E-state index is 13.2. The van der Waals surface area contributed by atoms with Gasteiger partial charge in [-0.3, -0.25) is 24.2 Å². The van der Waals surface area contributed by atoms with E-state index in [1.807, 2.05) is 30.3 Å². The summed E-state index contributed by atoms with van der Waals surface area (Å²) in [5, 5.41) is 10.4. The molecule has 3 aromatic rings. The molecule has 0 aliphatic carbocycles. The van der Waals surface area contributed by atoms with E-state index in [2.05, 4.69) is 27.3 Å². The van der Waals surface area contributed by atoms with Crippen LogP contribution in [-0.2, 0) is 11.3 Å². The van der Waals surface area contributed by atoms with Gasteiger partial charge in [-0.05, 0) is 12.0 Å². The molecule has 29 heavy (non-hydrogen) atoms. The standard InChI is InChI=1S/C20H25N7O2/c1-2-16(26-9-8-22-15(12-26)17(21)28)19-24-18-14(10-23-25-18)20(29)27(19)11-13-6-4-3-5-7-13/h3-7,10,15-16,22H,2,8-9,11-12H2,1H3,(H2,21,28)(H,23,25). The lowest BCUT2D eigenvalue weighted by atomic mass is 10.1. The third kappa shape index (κ3) is 3.79. The Balaban J connectivity index is 1.79. The van der Waals surface area contributed by atoms with Crippen molar-refractivity contribution in [2.45, 2.75) is 32.0 Å². The number of nitrogens with two attached hydrogens (primary N) is 1. The molecular formula is C20H25N7O2. The normalized spacial score (nSPS) is 18.7. The van der Waals surface area contributed by atoms with Crippen molar-refractivity contribution in [2.24, 2.45) is 5.73 Å². The monoisotopic (exact) mass is 395 g/mol. The van der Waals surface area contributed by atoms with Gasteiger partial charge in [0.2, 0.25) is 5.91 Å². The second kappa shape index (κ2) is 8.14. The SMILES string of the molecule is CCC(c1nc2[nH]ncc2c(=O)n1Cc1ccccc1)N1CCNC(C(N)=O)C1. The Hall–Kier alpha value is -3.04. The van der Waals surface area contributed by atoms with Crippen LogP contribution in [0, 0.1) is 0 Å². The van der Waals surface area contributed by atoms with Gasteiger partial charge in [-0.2, -0.15) is 5.10 Å². The van der Waals surface area contributed by atoms with E-state index in [4.69, 9.17) is 10.7 Å². The highest BCUT2D eigenvalue weighted by atomic mass is 16.1. The summed E-state index contributed by atoms with van der Waals surface area (Å²) in [6.07, 6.45) is 2.26. The number of nitrogens with zero attached hydrogens (tertiary/aromatic N) is 4. The molecule has 0 radical (unpaired) electrons. The van der Waals surface area contributed by atoms with Crippen molar-refractivity contribution in [3.05, 3.63) is 58.3 Å². The number of piperazine rings is 1. The Morgan fingerprint density at radius 3 is 2.86 bits per heavy atom. The Bertz CT molecular complexity index is 1060. The van der Waals surface area contributed by atoms with Crippen LogP contribution < -0.4 is 16.6 Å². The molecule has 2 atom stereocenters. The maximum absolute atomic E-state index is 13.2. The van der Waals surface area contributed by atoms with Gasteiger partial charge in [0.25, 0.3) is 5.56 Å². The van der Waals surface area contributed by atoms with Crippen molar-refractivity contribution >= 4 is 16.9 Å². The lowest BCUT2D eigenvalue weighted by molar-refractivity contribution is -0.121. The number of fused-ring (bicyclic) bond motifs is 1. The first kappa shape index (κ1) is 19.3. The molecule has 152 valence electrons. The zero-order valence-electron chi connectivity index (χ0n) is 16.3. The predicted octanol–water partition coefficient (Wildman–Crippen LogP) is 0.378. The number of nitrogens with one attached hydrogen (secondary N) is 2. The molecule has 1 saturated heterocycles. The molecule has 1 fully saturated rings. The van der Waals surface area contributed by atoms with Gasteiger partial charge in [-0.15, -0.1) is 0 Å². The number of aromatic amines is 1. The predicted molar refractivity (Wildman–Crippen MR) is 109 cm³/mol. The molecular weight excluding hydrogens is 370 g/mol. The molecule has 1 amide bonds. The number of aromatic nitrogens is 4. The van der Waals surface area contributed by atoms with E-state index in [9.17, 15) is 9.59 Å². The molecule has 9 heteroatoms. The van der Waals surface area contributed by atoms with Gasteiger partial charge in [-0.1, -0.05) is 37.3 Å². The first-order valence-electron chi connectivity index (χ1n) is 9.83. The minimum atomic E-state index is -0.414. The summed E-state index contributed by atoms with van der Waals surface area (Å²) >= 11 is 0. The highest BCUT2D eigenvalue weighted by Gasteiger charge is 2.31. The third-order valence-electron chi connectivity index (χ3n) is 5.46. The van der Waals surface area contributed by atoms with Gasteiger partial charge in [0.1, 0.15) is 11.2 Å². The minimum absolute atomic E-state index is 0.122. The number of primary amides is 1. The van der Waals surface area contributed by atoms with Crippen LogP contribution in [-0.4, -0.2) is 56.2 Å². The number of carbonyl (C=O) groups excluding carboxylic acids is 1. The topological polar surface area (TPSA) is 122 Å². The largest absolute Gasteiger partial charge is 0.368 e. The van der Waals surface area contributed by atoms with E-state index < -0.39 is 6.04 Å². The van der Waals surface area contributed by atoms with E-state index in [1.54, 1.807) is 4.57 Å². The fraction of sp³-hybridized carbons (Fsp3) is 0.400.